The summed E-state index contributed by atoms with van der Waals surface area (Å²) in [6, 6.07) is 1.57. The SMILES string of the molecule is OCCc1cc(F)c(F)cc1O. The zero-order chi connectivity index (χ0) is 9.14. The fraction of sp³-hybridized carbons (Fsp3) is 0.250. The summed E-state index contributed by atoms with van der Waals surface area (Å²) < 4.78 is 24.9. The molecule has 0 heterocycles. The zero-order valence-electron chi connectivity index (χ0n) is 6.22. The number of phenolic OH excluding ortho intramolecular Hbond substituents is 1. The van der Waals surface area contributed by atoms with Crippen LogP contribution in [0.1, 0.15) is 5.56 Å². The quantitative estimate of drug-likeness (QED) is 0.707. The summed E-state index contributed by atoms with van der Waals surface area (Å²) in [5.74, 6) is -2.44. The van der Waals surface area contributed by atoms with E-state index in [9.17, 15) is 8.78 Å². The first kappa shape index (κ1) is 8.93. The molecule has 2 nitrogen and oxygen atoms in total. The van der Waals surface area contributed by atoms with Gasteiger partial charge in [-0.3, -0.25) is 0 Å². The Morgan fingerprint density at radius 1 is 1.17 bits per heavy atom. The van der Waals surface area contributed by atoms with E-state index in [0.29, 0.717) is 6.07 Å². The van der Waals surface area contributed by atoms with Gasteiger partial charge in [0.1, 0.15) is 5.75 Å². The molecule has 0 aromatic heterocycles. The van der Waals surface area contributed by atoms with Crippen molar-refractivity contribution < 1.29 is 19.0 Å². The first-order valence-electron chi connectivity index (χ1n) is 3.43. The smallest absolute Gasteiger partial charge is 0.162 e. The van der Waals surface area contributed by atoms with Crippen LogP contribution in [0.15, 0.2) is 12.1 Å². The van der Waals surface area contributed by atoms with Crippen molar-refractivity contribution in [2.45, 2.75) is 6.42 Å². The Bertz CT molecular complexity index is 287. The molecule has 0 spiro atoms. The van der Waals surface area contributed by atoms with Crippen LogP contribution in [0.4, 0.5) is 8.78 Å². The van der Waals surface area contributed by atoms with Crippen LogP contribution in [-0.4, -0.2) is 16.8 Å². The molecule has 2 N–H and O–H groups in total. The predicted molar refractivity (Wildman–Crippen MR) is 38.8 cm³/mol. The van der Waals surface area contributed by atoms with Crippen molar-refractivity contribution in [3.8, 4) is 5.75 Å². The van der Waals surface area contributed by atoms with E-state index in [1.54, 1.807) is 0 Å². The van der Waals surface area contributed by atoms with Crippen LogP contribution in [-0.2, 0) is 6.42 Å². The van der Waals surface area contributed by atoms with Gasteiger partial charge >= 0.3 is 0 Å². The molecule has 0 aliphatic carbocycles. The van der Waals surface area contributed by atoms with Gasteiger partial charge in [-0.15, -0.1) is 0 Å². The Labute approximate surface area is 68.1 Å². The summed E-state index contributed by atoms with van der Waals surface area (Å²) in [4.78, 5) is 0. The maximum absolute atomic E-state index is 12.5. The van der Waals surface area contributed by atoms with Gasteiger partial charge in [0.05, 0.1) is 0 Å². The van der Waals surface area contributed by atoms with Crippen LogP contribution in [0.3, 0.4) is 0 Å². The number of aliphatic hydroxyl groups excluding tert-OH is 1. The second kappa shape index (κ2) is 3.49. The third kappa shape index (κ3) is 1.71. The van der Waals surface area contributed by atoms with Gasteiger partial charge in [0, 0.05) is 12.7 Å². The number of hydrogen-bond donors (Lipinski definition) is 2. The molecule has 0 atom stereocenters. The van der Waals surface area contributed by atoms with Gasteiger partial charge in [-0.2, -0.15) is 0 Å². The minimum atomic E-state index is -1.09. The number of halogens is 2. The van der Waals surface area contributed by atoms with Crippen LogP contribution in [0.25, 0.3) is 0 Å². The maximum atomic E-state index is 12.5. The summed E-state index contributed by atoms with van der Waals surface area (Å²) in [5.41, 5.74) is 0.205. The summed E-state index contributed by atoms with van der Waals surface area (Å²) in [6.07, 6.45) is 0.114. The van der Waals surface area contributed by atoms with Crippen LogP contribution in [0.2, 0.25) is 0 Å². The Kier molecular flexibility index (Phi) is 2.60. The summed E-state index contributed by atoms with van der Waals surface area (Å²) in [6.45, 7) is -0.210. The molecule has 0 amide bonds. The highest BCUT2D eigenvalue weighted by atomic mass is 19.2. The molecule has 12 heavy (non-hydrogen) atoms. The Morgan fingerprint density at radius 3 is 2.33 bits per heavy atom. The minimum Gasteiger partial charge on any atom is -0.508 e. The third-order valence-electron chi connectivity index (χ3n) is 1.50. The lowest BCUT2D eigenvalue weighted by molar-refractivity contribution is 0.297. The lowest BCUT2D eigenvalue weighted by atomic mass is 10.1. The molecule has 0 unspecified atom stereocenters. The van der Waals surface area contributed by atoms with E-state index in [2.05, 4.69) is 0 Å². The van der Waals surface area contributed by atoms with E-state index >= 15 is 0 Å². The fourth-order valence-corrected chi connectivity index (χ4v) is 0.898. The molecule has 0 aliphatic rings. The monoisotopic (exact) mass is 174 g/mol. The highest BCUT2D eigenvalue weighted by Crippen LogP contribution is 2.20. The van der Waals surface area contributed by atoms with E-state index in [1.807, 2.05) is 0 Å². The van der Waals surface area contributed by atoms with E-state index in [-0.39, 0.29) is 24.3 Å². The standard InChI is InChI=1S/C8H8F2O2/c9-6-3-5(1-2-11)8(12)4-7(6)10/h3-4,11-12H,1-2H2. The average molecular weight is 174 g/mol. The van der Waals surface area contributed by atoms with Crippen LogP contribution in [0.5, 0.6) is 5.75 Å². The van der Waals surface area contributed by atoms with Crippen LogP contribution < -0.4 is 0 Å². The van der Waals surface area contributed by atoms with Gasteiger partial charge in [0.2, 0.25) is 0 Å². The van der Waals surface area contributed by atoms with Crippen molar-refractivity contribution in [1.29, 1.82) is 0 Å². The van der Waals surface area contributed by atoms with Crippen molar-refractivity contribution >= 4 is 0 Å². The molecule has 66 valence electrons. The lowest BCUT2D eigenvalue weighted by Crippen LogP contribution is -1.94. The van der Waals surface area contributed by atoms with Gasteiger partial charge in [-0.1, -0.05) is 0 Å². The van der Waals surface area contributed by atoms with E-state index in [0.717, 1.165) is 6.07 Å². The summed E-state index contributed by atoms with van der Waals surface area (Å²) in [7, 11) is 0. The van der Waals surface area contributed by atoms with Crippen molar-refractivity contribution in [2.24, 2.45) is 0 Å². The van der Waals surface area contributed by atoms with Gasteiger partial charge in [-0.25, -0.2) is 8.78 Å². The molecule has 1 rings (SSSR count). The molecule has 0 fully saturated rings. The highest BCUT2D eigenvalue weighted by molar-refractivity contribution is 5.33. The largest absolute Gasteiger partial charge is 0.508 e. The van der Waals surface area contributed by atoms with Gasteiger partial charge < -0.3 is 10.2 Å². The Balaban J connectivity index is 3.05. The highest BCUT2D eigenvalue weighted by Gasteiger charge is 2.07. The topological polar surface area (TPSA) is 40.5 Å². The van der Waals surface area contributed by atoms with Crippen molar-refractivity contribution in [3.05, 3.63) is 29.3 Å². The van der Waals surface area contributed by atoms with Crippen molar-refractivity contribution in [2.75, 3.05) is 6.61 Å². The van der Waals surface area contributed by atoms with Crippen molar-refractivity contribution in [3.63, 3.8) is 0 Å². The van der Waals surface area contributed by atoms with E-state index in [4.69, 9.17) is 10.2 Å². The lowest BCUT2D eigenvalue weighted by Gasteiger charge is -2.02. The number of aromatic hydroxyl groups is 1. The van der Waals surface area contributed by atoms with Gasteiger partial charge in [0.15, 0.2) is 11.6 Å². The fourth-order valence-electron chi connectivity index (χ4n) is 0.898. The van der Waals surface area contributed by atoms with E-state index < -0.39 is 11.6 Å². The molecule has 0 aliphatic heterocycles. The average Bonchev–Trinajstić information content (AvgIpc) is 2.01. The number of rotatable bonds is 2. The molecule has 0 saturated carbocycles. The normalized spacial score (nSPS) is 10.2. The molecular weight excluding hydrogens is 166 g/mol. The number of phenols is 1. The molecule has 1 aromatic rings. The molecule has 0 saturated heterocycles. The van der Waals surface area contributed by atoms with Gasteiger partial charge in [0.25, 0.3) is 0 Å². The molecule has 1 aromatic carbocycles. The Morgan fingerprint density at radius 2 is 1.75 bits per heavy atom. The van der Waals surface area contributed by atoms with E-state index in [1.165, 1.54) is 0 Å². The molecular formula is C8H8F2O2. The maximum Gasteiger partial charge on any atom is 0.162 e. The number of hydrogen-bond acceptors (Lipinski definition) is 2. The van der Waals surface area contributed by atoms with Crippen LogP contribution in [0, 0.1) is 11.6 Å². The van der Waals surface area contributed by atoms with Gasteiger partial charge in [-0.05, 0) is 18.1 Å². The van der Waals surface area contributed by atoms with Crippen molar-refractivity contribution in [1.82, 2.24) is 0 Å². The molecule has 0 radical (unpaired) electrons. The summed E-state index contributed by atoms with van der Waals surface area (Å²) in [5, 5.41) is 17.5. The molecule has 0 bridgehead atoms. The number of aliphatic hydroxyl groups is 1. The second-order valence-electron chi connectivity index (χ2n) is 2.37. The third-order valence-corrected chi connectivity index (χ3v) is 1.50. The Hall–Kier alpha value is -1.16. The predicted octanol–water partition coefficient (Wildman–Crippen LogP) is 1.21. The second-order valence-corrected chi connectivity index (χ2v) is 2.37. The zero-order valence-corrected chi connectivity index (χ0v) is 6.22. The first-order valence-corrected chi connectivity index (χ1v) is 3.43. The first-order chi connectivity index (χ1) is 5.65. The summed E-state index contributed by atoms with van der Waals surface area (Å²) >= 11 is 0. The molecule has 4 heteroatoms. The number of benzene rings is 1. The van der Waals surface area contributed by atoms with Crippen LogP contribution >= 0.6 is 0 Å². The minimum absolute atomic E-state index is 0.114.